The molecule has 0 spiro atoms. The molecule has 2 N–H and O–H groups in total. The second kappa shape index (κ2) is 6.41. The summed E-state index contributed by atoms with van der Waals surface area (Å²) in [6, 6.07) is 11.6. The van der Waals surface area contributed by atoms with Crippen molar-refractivity contribution in [2.24, 2.45) is 0 Å². The van der Waals surface area contributed by atoms with Crippen LogP contribution < -0.4 is 5.32 Å². The summed E-state index contributed by atoms with van der Waals surface area (Å²) in [6.07, 6.45) is 0. The Morgan fingerprint density at radius 1 is 1.30 bits per heavy atom. The lowest BCUT2D eigenvalue weighted by molar-refractivity contribution is 0.102. The van der Waals surface area contributed by atoms with Gasteiger partial charge >= 0.3 is 0 Å². The first-order valence-electron chi connectivity index (χ1n) is 5.98. The van der Waals surface area contributed by atoms with Crippen molar-refractivity contribution in [2.45, 2.75) is 6.61 Å². The van der Waals surface area contributed by atoms with Gasteiger partial charge in [-0.05, 0) is 24.3 Å². The number of benzene rings is 2. The van der Waals surface area contributed by atoms with Crippen molar-refractivity contribution in [1.29, 1.82) is 0 Å². The molecule has 20 heavy (non-hydrogen) atoms. The average Bonchev–Trinajstić information content (AvgIpc) is 2.44. The number of ether oxygens (including phenoxy) is 1. The van der Waals surface area contributed by atoms with Gasteiger partial charge in [-0.1, -0.05) is 29.8 Å². The molecule has 0 saturated heterocycles. The van der Waals surface area contributed by atoms with Crippen LogP contribution in [0.25, 0.3) is 0 Å². The van der Waals surface area contributed by atoms with Gasteiger partial charge in [-0.15, -0.1) is 0 Å². The van der Waals surface area contributed by atoms with Crippen LogP contribution in [0.3, 0.4) is 0 Å². The number of anilines is 1. The van der Waals surface area contributed by atoms with Gasteiger partial charge in [0.2, 0.25) is 0 Å². The molecule has 2 rings (SSSR count). The Bertz CT molecular complexity index is 628. The molecule has 0 aliphatic carbocycles. The van der Waals surface area contributed by atoms with E-state index in [4.69, 9.17) is 16.3 Å². The first-order chi connectivity index (χ1) is 9.61. The largest absolute Gasteiger partial charge is 0.508 e. The first-order valence-corrected chi connectivity index (χ1v) is 6.36. The van der Waals surface area contributed by atoms with E-state index < -0.39 is 0 Å². The minimum Gasteiger partial charge on any atom is -0.508 e. The van der Waals surface area contributed by atoms with E-state index in [-0.39, 0.29) is 22.2 Å². The van der Waals surface area contributed by atoms with E-state index in [9.17, 15) is 9.90 Å². The van der Waals surface area contributed by atoms with Gasteiger partial charge in [0.05, 0.1) is 17.2 Å². The Kier molecular flexibility index (Phi) is 4.61. The summed E-state index contributed by atoms with van der Waals surface area (Å²) in [5, 5.41) is 12.5. The maximum atomic E-state index is 12.2. The Morgan fingerprint density at radius 3 is 2.80 bits per heavy atom. The number of hydrogen-bond acceptors (Lipinski definition) is 3. The van der Waals surface area contributed by atoms with E-state index in [2.05, 4.69) is 5.32 Å². The van der Waals surface area contributed by atoms with Crippen molar-refractivity contribution >= 4 is 23.2 Å². The third-order valence-electron chi connectivity index (χ3n) is 2.76. The third-order valence-corrected chi connectivity index (χ3v) is 3.09. The highest BCUT2D eigenvalue weighted by Gasteiger charge is 2.13. The molecule has 0 bridgehead atoms. The maximum absolute atomic E-state index is 12.2. The Balaban J connectivity index is 2.26. The Labute approximate surface area is 122 Å². The topological polar surface area (TPSA) is 58.6 Å². The van der Waals surface area contributed by atoms with Crippen LogP contribution in [-0.4, -0.2) is 18.1 Å². The highest BCUT2D eigenvalue weighted by molar-refractivity contribution is 6.34. The molecular formula is C15H14ClNO3. The van der Waals surface area contributed by atoms with Gasteiger partial charge in [-0.2, -0.15) is 0 Å². The summed E-state index contributed by atoms with van der Waals surface area (Å²) in [6.45, 7) is 0.393. The fourth-order valence-electron chi connectivity index (χ4n) is 1.80. The lowest BCUT2D eigenvalue weighted by atomic mass is 10.1. The number of carbonyl (C=O) groups is 1. The van der Waals surface area contributed by atoms with Crippen LogP contribution in [0.5, 0.6) is 5.75 Å². The van der Waals surface area contributed by atoms with Crippen LogP contribution in [-0.2, 0) is 11.3 Å². The normalized spacial score (nSPS) is 10.3. The number of carbonyl (C=O) groups excluding carboxylic acids is 1. The zero-order chi connectivity index (χ0) is 14.5. The molecule has 5 heteroatoms. The number of hydrogen-bond donors (Lipinski definition) is 2. The molecule has 0 aliphatic heterocycles. The predicted octanol–water partition coefficient (Wildman–Crippen LogP) is 3.44. The van der Waals surface area contributed by atoms with Crippen molar-refractivity contribution in [1.82, 2.24) is 0 Å². The molecule has 0 fully saturated rings. The summed E-state index contributed by atoms with van der Waals surface area (Å²) in [5.41, 5.74) is 1.73. The van der Waals surface area contributed by atoms with Crippen molar-refractivity contribution in [3.05, 3.63) is 58.6 Å². The van der Waals surface area contributed by atoms with Crippen molar-refractivity contribution in [3.63, 3.8) is 0 Å². The number of aromatic hydroxyl groups is 1. The summed E-state index contributed by atoms with van der Waals surface area (Å²) in [7, 11) is 1.59. The van der Waals surface area contributed by atoms with Gasteiger partial charge in [-0.25, -0.2) is 0 Å². The fourth-order valence-corrected chi connectivity index (χ4v) is 2.00. The summed E-state index contributed by atoms with van der Waals surface area (Å²) in [4.78, 5) is 12.2. The highest BCUT2D eigenvalue weighted by Crippen LogP contribution is 2.23. The van der Waals surface area contributed by atoms with Crippen molar-refractivity contribution in [2.75, 3.05) is 12.4 Å². The van der Waals surface area contributed by atoms with E-state index in [1.807, 2.05) is 18.2 Å². The summed E-state index contributed by atoms with van der Waals surface area (Å²) >= 11 is 5.96. The number of amides is 1. The molecule has 0 aromatic heterocycles. The average molecular weight is 292 g/mol. The molecule has 0 heterocycles. The molecule has 4 nitrogen and oxygen atoms in total. The smallest absolute Gasteiger partial charge is 0.257 e. The van der Waals surface area contributed by atoms with Gasteiger partial charge in [0.15, 0.2) is 0 Å². The minimum atomic E-state index is -0.380. The predicted molar refractivity (Wildman–Crippen MR) is 78.2 cm³/mol. The fraction of sp³-hybridized carbons (Fsp3) is 0.133. The Morgan fingerprint density at radius 2 is 2.05 bits per heavy atom. The van der Waals surface area contributed by atoms with Crippen LogP contribution in [0.2, 0.25) is 5.02 Å². The summed E-state index contributed by atoms with van der Waals surface area (Å²) < 4.78 is 5.08. The minimum absolute atomic E-state index is 0.00951. The molecule has 104 valence electrons. The van der Waals surface area contributed by atoms with Crippen LogP contribution in [0.1, 0.15) is 15.9 Å². The van der Waals surface area contributed by atoms with Crippen LogP contribution in [0.4, 0.5) is 5.69 Å². The van der Waals surface area contributed by atoms with Gasteiger partial charge in [0.25, 0.3) is 5.91 Å². The summed E-state index contributed by atoms with van der Waals surface area (Å²) in [5.74, 6) is -0.390. The van der Waals surface area contributed by atoms with Crippen LogP contribution in [0.15, 0.2) is 42.5 Å². The van der Waals surface area contributed by atoms with E-state index in [0.29, 0.717) is 12.3 Å². The van der Waals surface area contributed by atoms with Crippen LogP contribution in [0, 0.1) is 0 Å². The molecule has 0 unspecified atom stereocenters. The van der Waals surface area contributed by atoms with Crippen LogP contribution >= 0.6 is 11.6 Å². The SMILES string of the molecule is COCc1ccccc1NC(=O)c1cc(O)ccc1Cl. The number of para-hydroxylation sites is 1. The number of phenols is 1. The van der Waals surface area contributed by atoms with E-state index in [1.54, 1.807) is 13.2 Å². The number of rotatable bonds is 4. The standard InChI is InChI=1S/C15H14ClNO3/c1-20-9-10-4-2-3-5-14(10)17-15(19)12-8-11(18)6-7-13(12)16/h2-8,18H,9H2,1H3,(H,17,19). The Hall–Kier alpha value is -2.04. The molecule has 0 saturated carbocycles. The quantitative estimate of drug-likeness (QED) is 0.907. The monoisotopic (exact) mass is 291 g/mol. The molecule has 2 aromatic carbocycles. The van der Waals surface area contributed by atoms with Gasteiger partial charge in [-0.3, -0.25) is 4.79 Å². The third kappa shape index (κ3) is 3.29. The van der Waals surface area contributed by atoms with E-state index in [0.717, 1.165) is 5.56 Å². The van der Waals surface area contributed by atoms with Gasteiger partial charge in [0.1, 0.15) is 5.75 Å². The maximum Gasteiger partial charge on any atom is 0.257 e. The molecule has 1 amide bonds. The first kappa shape index (κ1) is 14.4. The van der Waals surface area contributed by atoms with Gasteiger partial charge < -0.3 is 15.2 Å². The second-order valence-corrected chi connectivity index (χ2v) is 4.62. The number of halogens is 1. The van der Waals surface area contributed by atoms with Crippen molar-refractivity contribution < 1.29 is 14.6 Å². The zero-order valence-corrected chi connectivity index (χ0v) is 11.6. The van der Waals surface area contributed by atoms with E-state index in [1.165, 1.54) is 18.2 Å². The van der Waals surface area contributed by atoms with Crippen molar-refractivity contribution in [3.8, 4) is 5.75 Å². The lowest BCUT2D eigenvalue weighted by Gasteiger charge is -2.11. The molecular weight excluding hydrogens is 278 g/mol. The lowest BCUT2D eigenvalue weighted by Crippen LogP contribution is -2.14. The molecule has 0 atom stereocenters. The zero-order valence-electron chi connectivity index (χ0n) is 10.9. The molecule has 0 aliphatic rings. The second-order valence-electron chi connectivity index (χ2n) is 4.21. The molecule has 2 aromatic rings. The number of phenolic OH excluding ortho intramolecular Hbond substituents is 1. The number of methoxy groups -OCH3 is 1. The molecule has 0 radical (unpaired) electrons. The van der Waals surface area contributed by atoms with Gasteiger partial charge in [0, 0.05) is 18.4 Å². The number of nitrogens with one attached hydrogen (secondary N) is 1. The highest BCUT2D eigenvalue weighted by atomic mass is 35.5. The van der Waals surface area contributed by atoms with E-state index >= 15 is 0 Å².